The summed E-state index contributed by atoms with van der Waals surface area (Å²) in [5.41, 5.74) is 2.93. The molecule has 1 aliphatic rings. The van der Waals surface area contributed by atoms with Crippen LogP contribution in [0.4, 0.5) is 0 Å². The fourth-order valence-electron chi connectivity index (χ4n) is 2.51. The smallest absolute Gasteiger partial charge is 0.251 e. The highest BCUT2D eigenvalue weighted by Crippen LogP contribution is 2.28. The van der Waals surface area contributed by atoms with Crippen LogP contribution in [0.1, 0.15) is 40.7 Å². The van der Waals surface area contributed by atoms with E-state index in [4.69, 9.17) is 11.6 Å². The lowest BCUT2D eigenvalue weighted by Crippen LogP contribution is -2.29. The molecule has 1 fully saturated rings. The molecule has 2 unspecified atom stereocenters. The van der Waals surface area contributed by atoms with Crippen molar-refractivity contribution in [2.45, 2.75) is 38.5 Å². The molecule has 0 spiro atoms. The monoisotopic (exact) mass is 265 g/mol. The Labute approximate surface area is 114 Å². The van der Waals surface area contributed by atoms with Gasteiger partial charge in [0.1, 0.15) is 0 Å². The topological polar surface area (TPSA) is 29.1 Å². The average molecular weight is 266 g/mol. The Morgan fingerprint density at radius 2 is 2.17 bits per heavy atom. The summed E-state index contributed by atoms with van der Waals surface area (Å²) in [6, 6.07) is 5.97. The van der Waals surface area contributed by atoms with Gasteiger partial charge in [0.25, 0.3) is 5.91 Å². The SMILES string of the molecule is Cc1ccc(C)c(C(=O)NCC2CCC(Cl)C2)c1. The minimum absolute atomic E-state index is 0.0363. The highest BCUT2D eigenvalue weighted by molar-refractivity contribution is 6.20. The van der Waals surface area contributed by atoms with Crippen molar-refractivity contribution in [3.05, 3.63) is 34.9 Å². The summed E-state index contributed by atoms with van der Waals surface area (Å²) in [5, 5.41) is 3.33. The number of amides is 1. The predicted molar refractivity (Wildman–Crippen MR) is 75.2 cm³/mol. The molecule has 1 aromatic rings. The van der Waals surface area contributed by atoms with E-state index in [2.05, 4.69) is 5.32 Å². The molecule has 0 aromatic heterocycles. The summed E-state index contributed by atoms with van der Waals surface area (Å²) in [6.07, 6.45) is 3.22. The van der Waals surface area contributed by atoms with Crippen LogP contribution < -0.4 is 5.32 Å². The number of aryl methyl sites for hydroxylation is 2. The normalized spacial score (nSPS) is 23.1. The molecule has 1 N–H and O–H groups in total. The average Bonchev–Trinajstić information content (AvgIpc) is 2.75. The van der Waals surface area contributed by atoms with Crippen LogP contribution in [0.2, 0.25) is 0 Å². The molecule has 2 rings (SSSR count). The van der Waals surface area contributed by atoms with Gasteiger partial charge in [0.05, 0.1) is 0 Å². The number of halogens is 1. The van der Waals surface area contributed by atoms with Gasteiger partial charge in [-0.1, -0.05) is 17.7 Å². The number of benzene rings is 1. The highest BCUT2D eigenvalue weighted by atomic mass is 35.5. The van der Waals surface area contributed by atoms with Crippen molar-refractivity contribution in [1.29, 1.82) is 0 Å². The summed E-state index contributed by atoms with van der Waals surface area (Å²) in [6.45, 7) is 4.72. The summed E-state index contributed by atoms with van der Waals surface area (Å²) in [5.74, 6) is 0.579. The zero-order chi connectivity index (χ0) is 13.1. The van der Waals surface area contributed by atoms with Crippen molar-refractivity contribution in [2.24, 2.45) is 5.92 Å². The van der Waals surface area contributed by atoms with E-state index in [0.29, 0.717) is 11.3 Å². The van der Waals surface area contributed by atoms with Crippen molar-refractivity contribution in [3.8, 4) is 0 Å². The third-order valence-corrected chi connectivity index (χ3v) is 4.06. The molecule has 1 saturated carbocycles. The van der Waals surface area contributed by atoms with E-state index in [0.717, 1.165) is 42.5 Å². The van der Waals surface area contributed by atoms with E-state index in [1.807, 2.05) is 32.0 Å². The lowest BCUT2D eigenvalue weighted by atomic mass is 10.0. The molecule has 2 atom stereocenters. The molecule has 1 aromatic carbocycles. The number of hydrogen-bond acceptors (Lipinski definition) is 1. The first-order chi connectivity index (χ1) is 8.56. The van der Waals surface area contributed by atoms with Crippen LogP contribution in [0.25, 0.3) is 0 Å². The number of hydrogen-bond donors (Lipinski definition) is 1. The Bertz CT molecular complexity index is 444. The van der Waals surface area contributed by atoms with Crippen molar-refractivity contribution in [1.82, 2.24) is 5.32 Å². The third kappa shape index (κ3) is 3.26. The molecule has 0 heterocycles. The quantitative estimate of drug-likeness (QED) is 0.834. The maximum atomic E-state index is 12.1. The first-order valence-corrected chi connectivity index (χ1v) is 6.99. The van der Waals surface area contributed by atoms with E-state index in [1.165, 1.54) is 0 Å². The maximum Gasteiger partial charge on any atom is 0.251 e. The van der Waals surface area contributed by atoms with Gasteiger partial charge in [0.15, 0.2) is 0 Å². The van der Waals surface area contributed by atoms with Crippen molar-refractivity contribution in [3.63, 3.8) is 0 Å². The van der Waals surface area contributed by atoms with Crippen molar-refractivity contribution in [2.75, 3.05) is 6.54 Å². The Morgan fingerprint density at radius 1 is 1.39 bits per heavy atom. The van der Waals surface area contributed by atoms with Gasteiger partial charge in [-0.25, -0.2) is 0 Å². The molecular formula is C15H20ClNO. The van der Waals surface area contributed by atoms with Crippen molar-refractivity contribution >= 4 is 17.5 Å². The van der Waals surface area contributed by atoms with Gasteiger partial charge in [0.2, 0.25) is 0 Å². The zero-order valence-corrected chi connectivity index (χ0v) is 11.8. The standard InChI is InChI=1S/C15H20ClNO/c1-10-3-4-11(2)14(7-10)15(18)17-9-12-5-6-13(16)8-12/h3-4,7,12-13H,5-6,8-9H2,1-2H3,(H,17,18). The fraction of sp³-hybridized carbons (Fsp3) is 0.533. The molecule has 0 radical (unpaired) electrons. The summed E-state index contributed by atoms with van der Waals surface area (Å²) >= 11 is 6.07. The molecule has 0 bridgehead atoms. The van der Waals surface area contributed by atoms with Gasteiger partial charge in [-0.2, -0.15) is 0 Å². The Morgan fingerprint density at radius 3 is 2.83 bits per heavy atom. The third-order valence-electron chi connectivity index (χ3n) is 3.67. The molecule has 3 heteroatoms. The Balaban J connectivity index is 1.93. The lowest BCUT2D eigenvalue weighted by molar-refractivity contribution is 0.0946. The van der Waals surface area contributed by atoms with E-state index in [1.54, 1.807) is 0 Å². The lowest BCUT2D eigenvalue weighted by Gasteiger charge is -2.12. The second-order valence-electron chi connectivity index (χ2n) is 5.30. The second kappa shape index (κ2) is 5.75. The van der Waals surface area contributed by atoms with Gasteiger partial charge in [-0.15, -0.1) is 11.6 Å². The Hall–Kier alpha value is -1.02. The number of carbonyl (C=O) groups excluding carboxylic acids is 1. The van der Waals surface area contributed by atoms with Gasteiger partial charge in [-0.05, 0) is 50.7 Å². The van der Waals surface area contributed by atoms with E-state index >= 15 is 0 Å². The van der Waals surface area contributed by atoms with E-state index in [-0.39, 0.29) is 5.91 Å². The van der Waals surface area contributed by atoms with Crippen LogP contribution in [0.3, 0.4) is 0 Å². The van der Waals surface area contributed by atoms with Gasteiger partial charge in [0, 0.05) is 17.5 Å². The van der Waals surface area contributed by atoms with E-state index < -0.39 is 0 Å². The van der Waals surface area contributed by atoms with Crippen LogP contribution in [-0.4, -0.2) is 17.8 Å². The molecule has 1 amide bonds. The molecule has 1 aliphatic carbocycles. The first-order valence-electron chi connectivity index (χ1n) is 6.56. The van der Waals surface area contributed by atoms with Crippen LogP contribution >= 0.6 is 11.6 Å². The molecule has 98 valence electrons. The van der Waals surface area contributed by atoms with Crippen molar-refractivity contribution < 1.29 is 4.79 Å². The van der Waals surface area contributed by atoms with Crippen LogP contribution in [0.15, 0.2) is 18.2 Å². The number of alkyl halides is 1. The van der Waals surface area contributed by atoms with Gasteiger partial charge < -0.3 is 5.32 Å². The first kappa shape index (κ1) is 13.4. The summed E-state index contributed by atoms with van der Waals surface area (Å²) < 4.78 is 0. The van der Waals surface area contributed by atoms with Crippen LogP contribution in [0.5, 0.6) is 0 Å². The summed E-state index contributed by atoms with van der Waals surface area (Å²) in [7, 11) is 0. The predicted octanol–water partition coefficient (Wildman–Crippen LogP) is 3.44. The van der Waals surface area contributed by atoms with Gasteiger partial charge in [-0.3, -0.25) is 4.79 Å². The largest absolute Gasteiger partial charge is 0.352 e. The number of rotatable bonds is 3. The molecular weight excluding hydrogens is 246 g/mol. The molecule has 0 aliphatic heterocycles. The minimum atomic E-state index is 0.0363. The van der Waals surface area contributed by atoms with Gasteiger partial charge >= 0.3 is 0 Å². The molecule has 0 saturated heterocycles. The summed E-state index contributed by atoms with van der Waals surface area (Å²) in [4.78, 5) is 12.1. The molecule has 2 nitrogen and oxygen atoms in total. The zero-order valence-electron chi connectivity index (χ0n) is 11.0. The van der Waals surface area contributed by atoms with Crippen LogP contribution in [0, 0.1) is 19.8 Å². The fourth-order valence-corrected chi connectivity index (χ4v) is 2.89. The Kier molecular flexibility index (Phi) is 4.28. The second-order valence-corrected chi connectivity index (χ2v) is 5.92. The minimum Gasteiger partial charge on any atom is -0.352 e. The molecule has 18 heavy (non-hydrogen) atoms. The number of nitrogens with one attached hydrogen (secondary N) is 1. The maximum absolute atomic E-state index is 12.1. The van der Waals surface area contributed by atoms with Crippen LogP contribution in [-0.2, 0) is 0 Å². The highest BCUT2D eigenvalue weighted by Gasteiger charge is 2.23. The number of carbonyl (C=O) groups is 1. The van der Waals surface area contributed by atoms with E-state index in [9.17, 15) is 4.79 Å².